The van der Waals surface area contributed by atoms with Gasteiger partial charge in [-0.25, -0.2) is 0 Å². The van der Waals surface area contributed by atoms with Gasteiger partial charge in [0.15, 0.2) is 5.76 Å². The Labute approximate surface area is 136 Å². The number of thiophene rings is 1. The summed E-state index contributed by atoms with van der Waals surface area (Å²) in [6.07, 6.45) is 1.47. The molecule has 7 heteroatoms. The molecule has 1 aliphatic heterocycles. The van der Waals surface area contributed by atoms with Crippen molar-refractivity contribution in [1.29, 1.82) is 0 Å². The summed E-state index contributed by atoms with van der Waals surface area (Å²) in [5.41, 5.74) is 0.0449. The van der Waals surface area contributed by atoms with Gasteiger partial charge in [-0.3, -0.25) is 9.59 Å². The number of aliphatic hydroxyl groups excluding tert-OH is 1. The van der Waals surface area contributed by atoms with E-state index in [4.69, 9.17) is 9.15 Å². The number of aliphatic hydroxyl groups is 1. The predicted octanol–water partition coefficient (Wildman–Crippen LogP) is 2.57. The van der Waals surface area contributed by atoms with Gasteiger partial charge in [0.2, 0.25) is 5.78 Å². The van der Waals surface area contributed by atoms with Crippen molar-refractivity contribution < 1.29 is 23.8 Å². The SMILES string of the molecule is COCCN1C(=O)C(O)=C(C(=O)c2cccs2)C1c1ccco1. The van der Waals surface area contributed by atoms with E-state index in [9.17, 15) is 14.7 Å². The number of ether oxygens (including phenoxy) is 1. The van der Waals surface area contributed by atoms with Gasteiger partial charge in [0.05, 0.1) is 23.3 Å². The van der Waals surface area contributed by atoms with Crippen molar-refractivity contribution in [3.63, 3.8) is 0 Å². The molecular formula is C16H15NO5S. The maximum absolute atomic E-state index is 12.7. The van der Waals surface area contributed by atoms with Crippen LogP contribution in [0.5, 0.6) is 0 Å². The zero-order valence-corrected chi connectivity index (χ0v) is 13.2. The van der Waals surface area contributed by atoms with Gasteiger partial charge in [-0.15, -0.1) is 11.3 Å². The molecule has 0 saturated heterocycles. The van der Waals surface area contributed by atoms with E-state index in [0.29, 0.717) is 10.6 Å². The summed E-state index contributed by atoms with van der Waals surface area (Å²) < 4.78 is 10.4. The van der Waals surface area contributed by atoms with Crippen molar-refractivity contribution in [3.05, 3.63) is 57.9 Å². The van der Waals surface area contributed by atoms with Crippen molar-refractivity contribution in [3.8, 4) is 0 Å². The van der Waals surface area contributed by atoms with Crippen LogP contribution in [0.15, 0.2) is 51.7 Å². The number of furan rings is 1. The van der Waals surface area contributed by atoms with Crippen molar-refractivity contribution in [1.82, 2.24) is 4.90 Å². The molecule has 0 bridgehead atoms. The lowest BCUT2D eigenvalue weighted by Gasteiger charge is -2.24. The van der Waals surface area contributed by atoms with Crippen molar-refractivity contribution in [2.75, 3.05) is 20.3 Å². The molecule has 23 heavy (non-hydrogen) atoms. The van der Waals surface area contributed by atoms with Gasteiger partial charge in [-0.05, 0) is 23.6 Å². The van der Waals surface area contributed by atoms with Gasteiger partial charge in [-0.2, -0.15) is 0 Å². The van der Waals surface area contributed by atoms with E-state index in [1.54, 1.807) is 29.6 Å². The molecule has 3 rings (SSSR count). The molecule has 0 aliphatic carbocycles. The van der Waals surface area contributed by atoms with Crippen molar-refractivity contribution >= 4 is 23.0 Å². The minimum atomic E-state index is -0.748. The summed E-state index contributed by atoms with van der Waals surface area (Å²) in [6.45, 7) is 0.530. The first-order valence-electron chi connectivity index (χ1n) is 6.99. The fourth-order valence-electron chi connectivity index (χ4n) is 2.59. The fraction of sp³-hybridized carbons (Fsp3) is 0.250. The maximum Gasteiger partial charge on any atom is 0.290 e. The fourth-order valence-corrected chi connectivity index (χ4v) is 3.27. The van der Waals surface area contributed by atoms with Gasteiger partial charge in [-0.1, -0.05) is 6.07 Å². The van der Waals surface area contributed by atoms with Gasteiger partial charge in [0.25, 0.3) is 5.91 Å². The van der Waals surface area contributed by atoms with Crippen LogP contribution in [0.25, 0.3) is 0 Å². The lowest BCUT2D eigenvalue weighted by Crippen LogP contribution is -2.33. The summed E-state index contributed by atoms with van der Waals surface area (Å²) in [4.78, 5) is 27.0. The number of rotatable bonds is 6. The highest BCUT2D eigenvalue weighted by Gasteiger charge is 2.45. The largest absolute Gasteiger partial charge is 0.503 e. The zero-order chi connectivity index (χ0) is 16.4. The van der Waals surface area contributed by atoms with E-state index in [0.717, 1.165) is 0 Å². The van der Waals surface area contributed by atoms with Crippen LogP contribution >= 0.6 is 11.3 Å². The summed E-state index contributed by atoms with van der Waals surface area (Å²) >= 11 is 1.26. The summed E-state index contributed by atoms with van der Waals surface area (Å²) in [7, 11) is 1.52. The second-order valence-electron chi connectivity index (χ2n) is 4.98. The number of amides is 1. The third kappa shape index (κ3) is 2.69. The smallest absolute Gasteiger partial charge is 0.290 e. The Balaban J connectivity index is 2.03. The summed E-state index contributed by atoms with van der Waals surface area (Å²) in [5.74, 6) is -1.06. The highest BCUT2D eigenvalue weighted by atomic mass is 32.1. The molecule has 1 aliphatic rings. The zero-order valence-electron chi connectivity index (χ0n) is 12.4. The number of hydrogen-bond donors (Lipinski definition) is 1. The molecule has 1 atom stereocenters. The predicted molar refractivity (Wildman–Crippen MR) is 83.3 cm³/mol. The first kappa shape index (κ1) is 15.5. The molecule has 2 aromatic heterocycles. The molecule has 6 nitrogen and oxygen atoms in total. The highest BCUT2D eigenvalue weighted by Crippen LogP contribution is 2.39. The molecule has 1 unspecified atom stereocenters. The minimum Gasteiger partial charge on any atom is -0.503 e. The Morgan fingerprint density at radius 3 is 2.87 bits per heavy atom. The normalized spacial score (nSPS) is 18.0. The monoisotopic (exact) mass is 333 g/mol. The van der Waals surface area contributed by atoms with Gasteiger partial charge >= 0.3 is 0 Å². The van der Waals surface area contributed by atoms with Crippen LogP contribution < -0.4 is 0 Å². The molecule has 3 heterocycles. The van der Waals surface area contributed by atoms with Crippen LogP contribution in [0.3, 0.4) is 0 Å². The van der Waals surface area contributed by atoms with Crippen LogP contribution in [0, 0.1) is 0 Å². The van der Waals surface area contributed by atoms with Crippen LogP contribution in [0.4, 0.5) is 0 Å². The third-order valence-corrected chi connectivity index (χ3v) is 4.51. The molecule has 0 saturated carbocycles. The number of Topliss-reactive ketones (excluding diaryl/α,β-unsaturated/α-hetero) is 1. The Morgan fingerprint density at radius 2 is 2.26 bits per heavy atom. The van der Waals surface area contributed by atoms with Crippen LogP contribution in [0.2, 0.25) is 0 Å². The summed E-state index contributed by atoms with van der Waals surface area (Å²) in [5, 5.41) is 12.0. The van der Waals surface area contributed by atoms with Crippen LogP contribution in [0.1, 0.15) is 21.5 Å². The lowest BCUT2D eigenvalue weighted by atomic mass is 10.0. The van der Waals surface area contributed by atoms with Gasteiger partial charge < -0.3 is 19.2 Å². The second-order valence-corrected chi connectivity index (χ2v) is 5.93. The molecule has 120 valence electrons. The number of hydrogen-bond acceptors (Lipinski definition) is 6. The Hall–Kier alpha value is -2.38. The average molecular weight is 333 g/mol. The first-order chi connectivity index (χ1) is 11.1. The average Bonchev–Trinajstić information content (AvgIpc) is 3.28. The molecule has 2 aromatic rings. The van der Waals surface area contributed by atoms with E-state index in [2.05, 4.69) is 0 Å². The molecule has 1 N–H and O–H groups in total. The van der Waals surface area contributed by atoms with Gasteiger partial charge in [0, 0.05) is 13.7 Å². The van der Waals surface area contributed by atoms with E-state index in [-0.39, 0.29) is 24.5 Å². The second kappa shape index (κ2) is 6.39. The summed E-state index contributed by atoms with van der Waals surface area (Å²) in [6, 6.07) is 6.02. The van der Waals surface area contributed by atoms with E-state index in [1.165, 1.54) is 29.6 Å². The lowest BCUT2D eigenvalue weighted by molar-refractivity contribution is -0.130. The number of methoxy groups -OCH3 is 1. The molecule has 0 spiro atoms. The van der Waals surface area contributed by atoms with Crippen LogP contribution in [-0.4, -0.2) is 42.0 Å². The molecule has 0 fully saturated rings. The maximum atomic E-state index is 12.7. The van der Waals surface area contributed by atoms with Crippen molar-refractivity contribution in [2.24, 2.45) is 0 Å². The third-order valence-electron chi connectivity index (χ3n) is 3.64. The topological polar surface area (TPSA) is 80.0 Å². The molecule has 0 radical (unpaired) electrons. The number of carbonyl (C=O) groups excluding carboxylic acids is 2. The first-order valence-corrected chi connectivity index (χ1v) is 7.87. The minimum absolute atomic E-state index is 0.0449. The van der Waals surface area contributed by atoms with Gasteiger partial charge in [0.1, 0.15) is 11.8 Å². The Bertz CT molecular complexity index is 733. The van der Waals surface area contributed by atoms with Crippen LogP contribution in [-0.2, 0) is 9.53 Å². The van der Waals surface area contributed by atoms with E-state index >= 15 is 0 Å². The standard InChI is InChI=1S/C16H15NO5S/c1-21-8-6-17-13(10-4-2-7-22-10)12(15(19)16(17)20)14(18)11-5-3-9-23-11/h2-5,7,9,13,19H,6,8H2,1H3. The van der Waals surface area contributed by atoms with E-state index in [1.807, 2.05) is 0 Å². The van der Waals surface area contributed by atoms with E-state index < -0.39 is 17.7 Å². The highest BCUT2D eigenvalue weighted by molar-refractivity contribution is 7.12. The number of carbonyl (C=O) groups is 2. The Morgan fingerprint density at radius 1 is 1.43 bits per heavy atom. The Kier molecular flexibility index (Phi) is 4.31. The quantitative estimate of drug-likeness (QED) is 0.822. The molecule has 1 amide bonds. The number of ketones is 1. The molecular weight excluding hydrogens is 318 g/mol. The molecule has 0 aromatic carbocycles. The number of nitrogens with zero attached hydrogens (tertiary/aromatic N) is 1. The van der Waals surface area contributed by atoms with Crippen molar-refractivity contribution in [2.45, 2.75) is 6.04 Å².